The van der Waals surface area contributed by atoms with E-state index in [0.717, 1.165) is 0 Å². The molecule has 2 aromatic rings. The number of fused-ring (bicyclic) bond motifs is 1. The molecule has 1 aromatic carbocycles. The van der Waals surface area contributed by atoms with E-state index in [1.165, 1.54) is 23.0 Å². The predicted molar refractivity (Wildman–Crippen MR) is 83.4 cm³/mol. The first-order valence-electron chi connectivity index (χ1n) is 7.09. The fourth-order valence-electron chi connectivity index (χ4n) is 2.08. The Morgan fingerprint density at radius 2 is 2.26 bits per heavy atom. The molecule has 0 saturated carbocycles. The smallest absolute Gasteiger partial charge is 0.270 e. The van der Waals surface area contributed by atoms with Gasteiger partial charge < -0.3 is 5.32 Å². The second-order valence-electron chi connectivity index (χ2n) is 5.82. The van der Waals surface area contributed by atoms with Gasteiger partial charge >= 0.3 is 0 Å². The number of nitriles is 1. The maximum Gasteiger partial charge on any atom is 0.270 e. The van der Waals surface area contributed by atoms with Gasteiger partial charge in [-0.25, -0.2) is 0 Å². The molecule has 2 rings (SSSR count). The van der Waals surface area contributed by atoms with Crippen LogP contribution in [0.2, 0.25) is 0 Å². The van der Waals surface area contributed by atoms with Crippen LogP contribution in [0, 0.1) is 27.4 Å². The van der Waals surface area contributed by atoms with E-state index < -0.39 is 10.5 Å². The lowest BCUT2D eigenvalue weighted by molar-refractivity contribution is -0.384. The predicted octanol–water partition coefficient (Wildman–Crippen LogP) is 2.00. The second-order valence-corrected chi connectivity index (χ2v) is 5.82. The van der Waals surface area contributed by atoms with Gasteiger partial charge in [-0.15, -0.1) is 0 Å². The van der Waals surface area contributed by atoms with Gasteiger partial charge in [-0.05, 0) is 18.9 Å². The van der Waals surface area contributed by atoms with Crippen molar-refractivity contribution in [1.82, 2.24) is 15.1 Å². The SMILES string of the molecule is CC(C)[C@](C)(C#N)NC(=O)Cn1ncc2cc([N+](=O)[O-])ccc21. The van der Waals surface area contributed by atoms with E-state index in [1.54, 1.807) is 13.0 Å². The molecule has 0 unspecified atom stereocenters. The second kappa shape index (κ2) is 6.04. The molecule has 1 amide bonds. The molecule has 23 heavy (non-hydrogen) atoms. The molecule has 0 spiro atoms. The Kier molecular flexibility index (Phi) is 4.31. The van der Waals surface area contributed by atoms with Crippen LogP contribution in [-0.4, -0.2) is 26.1 Å². The Morgan fingerprint density at radius 1 is 1.57 bits per heavy atom. The molecule has 0 fully saturated rings. The first-order valence-corrected chi connectivity index (χ1v) is 7.09. The van der Waals surface area contributed by atoms with E-state index in [9.17, 15) is 20.2 Å². The van der Waals surface area contributed by atoms with Gasteiger partial charge in [0.05, 0.1) is 22.7 Å². The Morgan fingerprint density at radius 3 is 2.83 bits per heavy atom. The molecule has 1 atom stereocenters. The van der Waals surface area contributed by atoms with Crippen LogP contribution in [-0.2, 0) is 11.3 Å². The Balaban J connectivity index is 2.21. The highest BCUT2D eigenvalue weighted by atomic mass is 16.6. The average Bonchev–Trinajstić information content (AvgIpc) is 2.89. The van der Waals surface area contributed by atoms with Gasteiger partial charge in [0, 0.05) is 17.5 Å². The molecule has 0 radical (unpaired) electrons. The Hall–Kier alpha value is -2.95. The molecule has 1 heterocycles. The van der Waals surface area contributed by atoms with Crippen molar-refractivity contribution in [1.29, 1.82) is 5.26 Å². The lowest BCUT2D eigenvalue weighted by Crippen LogP contribution is -2.49. The summed E-state index contributed by atoms with van der Waals surface area (Å²) in [6, 6.07) is 6.44. The van der Waals surface area contributed by atoms with Crippen molar-refractivity contribution >= 4 is 22.5 Å². The fraction of sp³-hybridized carbons (Fsp3) is 0.400. The van der Waals surface area contributed by atoms with Crippen LogP contribution < -0.4 is 5.32 Å². The molecule has 0 aliphatic carbocycles. The standard InChI is InChI=1S/C15H17N5O3/c1-10(2)15(3,9-16)18-14(21)8-19-13-5-4-12(20(22)23)6-11(13)7-17-19/h4-7,10H,8H2,1-3H3,(H,18,21)/t15-/m0/s1. The third-order valence-electron chi connectivity index (χ3n) is 3.92. The minimum atomic E-state index is -0.959. The summed E-state index contributed by atoms with van der Waals surface area (Å²) < 4.78 is 1.45. The summed E-state index contributed by atoms with van der Waals surface area (Å²) in [5, 5.41) is 27.4. The van der Waals surface area contributed by atoms with E-state index >= 15 is 0 Å². The van der Waals surface area contributed by atoms with Crippen molar-refractivity contribution in [2.75, 3.05) is 0 Å². The topological polar surface area (TPSA) is 114 Å². The number of nitro groups is 1. The van der Waals surface area contributed by atoms with E-state index in [1.807, 2.05) is 13.8 Å². The number of nitrogens with zero attached hydrogens (tertiary/aromatic N) is 4. The highest BCUT2D eigenvalue weighted by Crippen LogP contribution is 2.21. The van der Waals surface area contributed by atoms with Crippen LogP contribution >= 0.6 is 0 Å². The number of carbonyl (C=O) groups excluding carboxylic acids is 1. The third kappa shape index (κ3) is 3.29. The van der Waals surface area contributed by atoms with Gasteiger partial charge in [0.25, 0.3) is 5.69 Å². The molecule has 0 saturated heterocycles. The van der Waals surface area contributed by atoms with E-state index in [0.29, 0.717) is 10.9 Å². The Bertz CT molecular complexity index is 805. The molecular formula is C15H17N5O3. The molecular weight excluding hydrogens is 298 g/mol. The maximum absolute atomic E-state index is 12.2. The lowest BCUT2D eigenvalue weighted by Gasteiger charge is -2.27. The van der Waals surface area contributed by atoms with Gasteiger partial charge in [-0.2, -0.15) is 10.4 Å². The summed E-state index contributed by atoms with van der Waals surface area (Å²) in [7, 11) is 0. The summed E-state index contributed by atoms with van der Waals surface area (Å²) in [4.78, 5) is 22.5. The molecule has 8 nitrogen and oxygen atoms in total. The zero-order valence-corrected chi connectivity index (χ0v) is 13.1. The highest BCUT2D eigenvalue weighted by Gasteiger charge is 2.30. The van der Waals surface area contributed by atoms with Gasteiger partial charge in [-0.1, -0.05) is 13.8 Å². The number of hydrogen-bond donors (Lipinski definition) is 1. The van der Waals surface area contributed by atoms with Gasteiger partial charge in [-0.3, -0.25) is 19.6 Å². The minimum Gasteiger partial charge on any atom is -0.336 e. The lowest BCUT2D eigenvalue weighted by atomic mass is 9.90. The summed E-state index contributed by atoms with van der Waals surface area (Å²) in [5.41, 5.74) is -0.369. The van der Waals surface area contributed by atoms with E-state index in [2.05, 4.69) is 16.5 Å². The van der Waals surface area contributed by atoms with E-state index in [-0.39, 0.29) is 24.1 Å². The third-order valence-corrected chi connectivity index (χ3v) is 3.92. The van der Waals surface area contributed by atoms with Crippen LogP contribution in [0.25, 0.3) is 10.9 Å². The van der Waals surface area contributed by atoms with Crippen molar-refractivity contribution in [2.45, 2.75) is 32.9 Å². The maximum atomic E-state index is 12.2. The fourth-order valence-corrected chi connectivity index (χ4v) is 2.08. The number of aromatic nitrogens is 2. The van der Waals surface area contributed by atoms with Gasteiger partial charge in [0.1, 0.15) is 12.1 Å². The number of rotatable bonds is 5. The molecule has 8 heteroatoms. The summed E-state index contributed by atoms with van der Waals surface area (Å²) in [6.45, 7) is 5.31. The quantitative estimate of drug-likeness (QED) is 0.669. The normalized spacial score (nSPS) is 13.5. The molecule has 120 valence electrons. The van der Waals surface area contributed by atoms with Crippen LogP contribution in [0.1, 0.15) is 20.8 Å². The molecule has 0 aliphatic heterocycles. The summed E-state index contributed by atoms with van der Waals surface area (Å²) >= 11 is 0. The van der Waals surface area contributed by atoms with Gasteiger partial charge in [0.2, 0.25) is 5.91 Å². The van der Waals surface area contributed by atoms with Crippen molar-refractivity contribution < 1.29 is 9.72 Å². The van der Waals surface area contributed by atoms with Crippen molar-refractivity contribution in [3.8, 4) is 6.07 Å². The Labute approximate surface area is 132 Å². The van der Waals surface area contributed by atoms with Crippen molar-refractivity contribution in [2.24, 2.45) is 5.92 Å². The number of benzene rings is 1. The molecule has 0 bridgehead atoms. The van der Waals surface area contributed by atoms with Crippen LogP contribution in [0.15, 0.2) is 24.4 Å². The molecule has 1 aromatic heterocycles. The summed E-state index contributed by atoms with van der Waals surface area (Å²) in [6.07, 6.45) is 1.47. The monoisotopic (exact) mass is 315 g/mol. The number of nitro benzene ring substituents is 1. The van der Waals surface area contributed by atoms with Crippen LogP contribution in [0.3, 0.4) is 0 Å². The zero-order chi connectivity index (χ0) is 17.2. The number of hydrogen-bond acceptors (Lipinski definition) is 5. The minimum absolute atomic E-state index is 0.0293. The van der Waals surface area contributed by atoms with Crippen LogP contribution in [0.5, 0.6) is 0 Å². The molecule has 1 N–H and O–H groups in total. The average molecular weight is 315 g/mol. The number of non-ortho nitro benzene ring substituents is 1. The first-order chi connectivity index (χ1) is 10.8. The largest absolute Gasteiger partial charge is 0.336 e. The zero-order valence-electron chi connectivity index (χ0n) is 13.1. The number of carbonyl (C=O) groups is 1. The van der Waals surface area contributed by atoms with Crippen molar-refractivity contribution in [3.63, 3.8) is 0 Å². The van der Waals surface area contributed by atoms with Crippen LogP contribution in [0.4, 0.5) is 5.69 Å². The van der Waals surface area contributed by atoms with E-state index in [4.69, 9.17) is 0 Å². The highest BCUT2D eigenvalue weighted by molar-refractivity contribution is 5.84. The number of nitrogens with one attached hydrogen (secondary N) is 1. The van der Waals surface area contributed by atoms with Gasteiger partial charge in [0.15, 0.2) is 0 Å². The van der Waals surface area contributed by atoms with Crippen molar-refractivity contribution in [3.05, 3.63) is 34.5 Å². The number of amides is 1. The summed E-state index contributed by atoms with van der Waals surface area (Å²) in [5.74, 6) is -0.389. The molecule has 0 aliphatic rings. The first kappa shape index (κ1) is 16.4.